The Kier molecular flexibility index (Phi) is 3.25. The average molecular weight is 169 g/mol. The third-order valence-corrected chi connectivity index (χ3v) is 1.64. The minimum atomic E-state index is 0.0687. The van der Waals surface area contributed by atoms with Crippen molar-refractivity contribution in [2.45, 2.75) is 12.5 Å². The molecule has 2 N–H and O–H groups in total. The summed E-state index contributed by atoms with van der Waals surface area (Å²) in [5, 5.41) is 4.05. The third-order valence-electron chi connectivity index (χ3n) is 1.64. The molecular weight excluding hydrogens is 154 g/mol. The Morgan fingerprint density at radius 3 is 3.00 bits per heavy atom. The van der Waals surface area contributed by atoms with Gasteiger partial charge in [0.25, 0.3) is 0 Å². The minimum Gasteiger partial charge on any atom is -0.383 e. The summed E-state index contributed by atoms with van der Waals surface area (Å²) in [5.74, 6) is 0. The topological polar surface area (TPSA) is 53.1 Å². The van der Waals surface area contributed by atoms with Gasteiger partial charge in [-0.15, -0.1) is 0 Å². The maximum Gasteiger partial charge on any atom is 0.0616 e. The standard InChI is InChI=1S/C8H15N3O/c1-11-5-7(4-10-11)3-8(9)6-12-2/h4-5,8H,3,6,9H2,1-2H3. The smallest absolute Gasteiger partial charge is 0.0616 e. The van der Waals surface area contributed by atoms with Crippen molar-refractivity contribution in [1.29, 1.82) is 0 Å². The zero-order valence-electron chi connectivity index (χ0n) is 7.53. The molecule has 1 aromatic heterocycles. The maximum atomic E-state index is 5.76. The van der Waals surface area contributed by atoms with Crippen molar-refractivity contribution in [2.24, 2.45) is 12.8 Å². The van der Waals surface area contributed by atoms with Gasteiger partial charge in [-0.3, -0.25) is 4.68 Å². The first-order chi connectivity index (χ1) is 5.72. The summed E-state index contributed by atoms with van der Waals surface area (Å²) >= 11 is 0. The molecule has 0 spiro atoms. The molecular formula is C8H15N3O. The van der Waals surface area contributed by atoms with Crippen LogP contribution in [0.2, 0.25) is 0 Å². The Bertz CT molecular complexity index is 234. The molecule has 0 fully saturated rings. The first-order valence-electron chi connectivity index (χ1n) is 3.94. The lowest BCUT2D eigenvalue weighted by atomic mass is 10.1. The number of aromatic nitrogens is 2. The van der Waals surface area contributed by atoms with E-state index >= 15 is 0 Å². The van der Waals surface area contributed by atoms with E-state index in [1.165, 1.54) is 0 Å². The van der Waals surface area contributed by atoms with Gasteiger partial charge in [0.1, 0.15) is 0 Å². The van der Waals surface area contributed by atoms with E-state index in [1.54, 1.807) is 11.8 Å². The SMILES string of the molecule is COCC(N)Cc1cnn(C)c1. The maximum absolute atomic E-state index is 5.76. The van der Waals surface area contributed by atoms with Gasteiger partial charge in [-0.2, -0.15) is 5.10 Å². The van der Waals surface area contributed by atoms with E-state index in [-0.39, 0.29) is 6.04 Å². The molecule has 4 heteroatoms. The molecule has 1 heterocycles. The van der Waals surface area contributed by atoms with Crippen molar-refractivity contribution in [3.05, 3.63) is 18.0 Å². The van der Waals surface area contributed by atoms with Crippen molar-refractivity contribution < 1.29 is 4.74 Å². The van der Waals surface area contributed by atoms with E-state index in [0.717, 1.165) is 12.0 Å². The van der Waals surface area contributed by atoms with Crippen LogP contribution in [0.1, 0.15) is 5.56 Å². The Labute approximate surface area is 72.3 Å². The van der Waals surface area contributed by atoms with Crippen LogP contribution >= 0.6 is 0 Å². The molecule has 0 amide bonds. The van der Waals surface area contributed by atoms with Crippen LogP contribution in [0.5, 0.6) is 0 Å². The number of hydrogen-bond acceptors (Lipinski definition) is 3. The Balaban J connectivity index is 2.41. The van der Waals surface area contributed by atoms with E-state index < -0.39 is 0 Å². The monoisotopic (exact) mass is 169 g/mol. The predicted octanol–water partition coefficient (Wildman–Crippen LogP) is -0.0637. The van der Waals surface area contributed by atoms with Gasteiger partial charge in [-0.25, -0.2) is 0 Å². The zero-order valence-corrected chi connectivity index (χ0v) is 7.53. The number of nitrogens with two attached hydrogens (primary N) is 1. The average Bonchev–Trinajstić information content (AvgIpc) is 2.36. The molecule has 0 saturated heterocycles. The Morgan fingerprint density at radius 1 is 1.75 bits per heavy atom. The zero-order chi connectivity index (χ0) is 8.97. The fraction of sp³-hybridized carbons (Fsp3) is 0.625. The van der Waals surface area contributed by atoms with Gasteiger partial charge in [-0.1, -0.05) is 0 Å². The number of rotatable bonds is 4. The number of aryl methyl sites for hydroxylation is 1. The van der Waals surface area contributed by atoms with Gasteiger partial charge >= 0.3 is 0 Å². The third kappa shape index (κ3) is 2.64. The molecule has 4 nitrogen and oxygen atoms in total. The molecule has 0 saturated carbocycles. The van der Waals surface area contributed by atoms with Crippen LogP contribution in [0, 0.1) is 0 Å². The normalized spacial score (nSPS) is 13.2. The summed E-state index contributed by atoms with van der Waals surface area (Å²) in [5.41, 5.74) is 6.92. The lowest BCUT2D eigenvalue weighted by molar-refractivity contribution is 0.180. The van der Waals surface area contributed by atoms with Gasteiger partial charge in [0, 0.05) is 26.4 Å². The molecule has 0 aromatic carbocycles. The molecule has 68 valence electrons. The number of ether oxygens (including phenoxy) is 1. The lowest BCUT2D eigenvalue weighted by Gasteiger charge is -2.07. The predicted molar refractivity (Wildman–Crippen MR) is 46.8 cm³/mol. The molecule has 0 aliphatic carbocycles. The second-order valence-electron chi connectivity index (χ2n) is 2.94. The quantitative estimate of drug-likeness (QED) is 0.686. The van der Waals surface area contributed by atoms with Crippen LogP contribution < -0.4 is 5.73 Å². The lowest BCUT2D eigenvalue weighted by Crippen LogP contribution is -2.27. The number of methoxy groups -OCH3 is 1. The van der Waals surface area contributed by atoms with Gasteiger partial charge in [-0.05, 0) is 12.0 Å². The van der Waals surface area contributed by atoms with Crippen molar-refractivity contribution in [3.63, 3.8) is 0 Å². The van der Waals surface area contributed by atoms with Crippen LogP contribution in [-0.4, -0.2) is 29.5 Å². The Hall–Kier alpha value is -0.870. The molecule has 1 rings (SSSR count). The van der Waals surface area contributed by atoms with Gasteiger partial charge < -0.3 is 10.5 Å². The highest BCUT2D eigenvalue weighted by Crippen LogP contribution is 1.99. The first-order valence-corrected chi connectivity index (χ1v) is 3.94. The minimum absolute atomic E-state index is 0.0687. The summed E-state index contributed by atoms with van der Waals surface area (Å²) in [6, 6.07) is 0.0687. The van der Waals surface area contributed by atoms with Crippen LogP contribution in [-0.2, 0) is 18.2 Å². The summed E-state index contributed by atoms with van der Waals surface area (Å²) in [6.07, 6.45) is 4.62. The van der Waals surface area contributed by atoms with Crippen molar-refractivity contribution >= 4 is 0 Å². The van der Waals surface area contributed by atoms with Crippen LogP contribution in [0.3, 0.4) is 0 Å². The molecule has 0 aliphatic rings. The Morgan fingerprint density at radius 2 is 2.50 bits per heavy atom. The molecule has 0 radical (unpaired) electrons. The van der Waals surface area contributed by atoms with E-state index in [9.17, 15) is 0 Å². The van der Waals surface area contributed by atoms with Crippen LogP contribution in [0.25, 0.3) is 0 Å². The van der Waals surface area contributed by atoms with Crippen molar-refractivity contribution in [2.75, 3.05) is 13.7 Å². The second kappa shape index (κ2) is 4.23. The van der Waals surface area contributed by atoms with Gasteiger partial charge in [0.15, 0.2) is 0 Å². The second-order valence-corrected chi connectivity index (χ2v) is 2.94. The van der Waals surface area contributed by atoms with Crippen LogP contribution in [0.4, 0.5) is 0 Å². The highest BCUT2D eigenvalue weighted by atomic mass is 16.5. The highest BCUT2D eigenvalue weighted by molar-refractivity contribution is 5.05. The summed E-state index contributed by atoms with van der Waals surface area (Å²) in [6.45, 7) is 0.592. The fourth-order valence-electron chi connectivity index (χ4n) is 1.15. The molecule has 1 atom stereocenters. The van der Waals surface area contributed by atoms with Crippen molar-refractivity contribution in [1.82, 2.24) is 9.78 Å². The van der Waals surface area contributed by atoms with E-state index in [1.807, 2.05) is 19.4 Å². The summed E-state index contributed by atoms with van der Waals surface area (Å²) < 4.78 is 6.70. The molecule has 1 aromatic rings. The first kappa shape index (κ1) is 9.22. The van der Waals surface area contributed by atoms with E-state index in [0.29, 0.717) is 6.61 Å². The van der Waals surface area contributed by atoms with Crippen molar-refractivity contribution in [3.8, 4) is 0 Å². The van der Waals surface area contributed by atoms with E-state index in [4.69, 9.17) is 10.5 Å². The fourth-order valence-corrected chi connectivity index (χ4v) is 1.15. The molecule has 0 bridgehead atoms. The van der Waals surface area contributed by atoms with Gasteiger partial charge in [0.05, 0.1) is 12.8 Å². The van der Waals surface area contributed by atoms with Crippen LogP contribution in [0.15, 0.2) is 12.4 Å². The summed E-state index contributed by atoms with van der Waals surface area (Å²) in [7, 11) is 3.55. The van der Waals surface area contributed by atoms with Gasteiger partial charge in [0.2, 0.25) is 0 Å². The number of nitrogens with zero attached hydrogens (tertiary/aromatic N) is 2. The number of hydrogen-bond donors (Lipinski definition) is 1. The summed E-state index contributed by atoms with van der Waals surface area (Å²) in [4.78, 5) is 0. The molecule has 12 heavy (non-hydrogen) atoms. The molecule has 1 unspecified atom stereocenters. The largest absolute Gasteiger partial charge is 0.383 e. The molecule has 0 aliphatic heterocycles. The highest BCUT2D eigenvalue weighted by Gasteiger charge is 2.04. The van der Waals surface area contributed by atoms with E-state index in [2.05, 4.69) is 5.10 Å².